The van der Waals surface area contributed by atoms with Crippen molar-refractivity contribution in [1.29, 1.82) is 0 Å². The molecule has 0 saturated carbocycles. The number of benzene rings is 1. The quantitative estimate of drug-likeness (QED) is 0.471. The first-order valence-electron chi connectivity index (χ1n) is 4.34. The lowest BCUT2D eigenvalue weighted by atomic mass is 10.2. The van der Waals surface area contributed by atoms with E-state index in [-0.39, 0.29) is 11.4 Å². The Labute approximate surface area is 95.0 Å². The Morgan fingerprint density at radius 1 is 1.40 bits per heavy atom. The van der Waals surface area contributed by atoms with E-state index in [0.29, 0.717) is 0 Å². The van der Waals surface area contributed by atoms with Crippen LogP contribution < -0.4 is 5.73 Å². The maximum Gasteiger partial charge on any atom is 0.298 e. The first kappa shape index (κ1) is 12.5. The van der Waals surface area contributed by atoms with E-state index < -0.39 is 15.6 Å². The average molecular weight is 247 g/mol. The average Bonchev–Trinajstić information content (AvgIpc) is 2.17. The highest BCUT2D eigenvalue weighted by molar-refractivity contribution is 7.88. The molecule has 0 aromatic heterocycles. The van der Waals surface area contributed by atoms with Gasteiger partial charge in [0.1, 0.15) is 5.44 Å². The first-order chi connectivity index (χ1) is 6.95. The fraction of sp³-hybridized carbons (Fsp3) is 0.333. The third-order valence-electron chi connectivity index (χ3n) is 1.75. The van der Waals surface area contributed by atoms with Gasteiger partial charge in [0.05, 0.1) is 4.90 Å². The molecule has 0 fully saturated rings. The fourth-order valence-electron chi connectivity index (χ4n) is 0.946. The third kappa shape index (κ3) is 3.49. The zero-order valence-corrected chi connectivity index (χ0v) is 9.96. The van der Waals surface area contributed by atoms with Crippen LogP contribution in [-0.4, -0.2) is 20.4 Å². The SMILES string of the molecule is Cc1ccc(S(=O)(=O)OC(S)CN)cc1. The summed E-state index contributed by atoms with van der Waals surface area (Å²) in [5, 5.41) is 0. The topological polar surface area (TPSA) is 69.4 Å². The summed E-state index contributed by atoms with van der Waals surface area (Å²) in [6, 6.07) is 6.38. The highest BCUT2D eigenvalue weighted by atomic mass is 32.2. The van der Waals surface area contributed by atoms with E-state index in [1.165, 1.54) is 12.1 Å². The molecule has 0 aliphatic carbocycles. The number of thiol groups is 1. The molecule has 0 aliphatic heterocycles. The predicted molar refractivity (Wildman–Crippen MR) is 61.3 cm³/mol. The second kappa shape index (κ2) is 4.98. The van der Waals surface area contributed by atoms with Crippen LogP contribution in [0, 0.1) is 6.92 Å². The minimum atomic E-state index is -3.74. The van der Waals surface area contributed by atoms with Crippen LogP contribution in [-0.2, 0) is 14.3 Å². The van der Waals surface area contributed by atoms with Crippen LogP contribution in [0.5, 0.6) is 0 Å². The van der Waals surface area contributed by atoms with Crippen molar-refractivity contribution in [3.63, 3.8) is 0 Å². The number of hydrogen-bond donors (Lipinski definition) is 2. The molecule has 0 aliphatic rings. The van der Waals surface area contributed by atoms with Crippen molar-refractivity contribution in [3.05, 3.63) is 29.8 Å². The van der Waals surface area contributed by atoms with Crippen LogP contribution in [0.2, 0.25) is 0 Å². The minimum absolute atomic E-state index is 0.0359. The van der Waals surface area contributed by atoms with Gasteiger partial charge in [-0.05, 0) is 19.1 Å². The molecule has 1 aromatic carbocycles. The van der Waals surface area contributed by atoms with E-state index in [2.05, 4.69) is 12.6 Å². The maximum atomic E-state index is 11.6. The van der Waals surface area contributed by atoms with Crippen LogP contribution in [0.1, 0.15) is 5.56 Å². The van der Waals surface area contributed by atoms with Crippen molar-refractivity contribution >= 4 is 22.7 Å². The summed E-state index contributed by atoms with van der Waals surface area (Å²) < 4.78 is 27.9. The number of nitrogens with two attached hydrogens (primary N) is 1. The molecule has 0 amide bonds. The zero-order chi connectivity index (χ0) is 11.5. The van der Waals surface area contributed by atoms with Gasteiger partial charge < -0.3 is 5.73 Å². The summed E-state index contributed by atoms with van der Waals surface area (Å²) >= 11 is 3.87. The monoisotopic (exact) mass is 247 g/mol. The minimum Gasteiger partial charge on any atom is -0.327 e. The Hall–Kier alpha value is -0.560. The molecular weight excluding hydrogens is 234 g/mol. The Bertz CT molecular complexity index is 413. The molecule has 0 heterocycles. The molecule has 0 spiro atoms. The molecule has 84 valence electrons. The van der Waals surface area contributed by atoms with Crippen molar-refractivity contribution in [2.75, 3.05) is 6.54 Å². The van der Waals surface area contributed by atoms with Gasteiger partial charge in [-0.15, -0.1) is 12.6 Å². The van der Waals surface area contributed by atoms with Gasteiger partial charge in [0.25, 0.3) is 10.1 Å². The molecule has 4 nitrogen and oxygen atoms in total. The summed E-state index contributed by atoms with van der Waals surface area (Å²) in [5.41, 5.74) is 5.39. The van der Waals surface area contributed by atoms with Crippen LogP contribution in [0.4, 0.5) is 0 Å². The summed E-state index contributed by atoms with van der Waals surface area (Å²) in [6.07, 6.45) is 0. The van der Waals surface area contributed by atoms with Gasteiger partial charge in [0, 0.05) is 6.54 Å². The molecular formula is C9H13NO3S2. The van der Waals surface area contributed by atoms with Crippen LogP contribution in [0.25, 0.3) is 0 Å². The van der Waals surface area contributed by atoms with E-state index in [1.54, 1.807) is 12.1 Å². The molecule has 0 bridgehead atoms. The van der Waals surface area contributed by atoms with Crippen molar-refractivity contribution in [2.24, 2.45) is 5.73 Å². The second-order valence-electron chi connectivity index (χ2n) is 3.05. The highest BCUT2D eigenvalue weighted by Gasteiger charge is 2.18. The normalized spacial score (nSPS) is 13.8. The van der Waals surface area contributed by atoms with E-state index in [4.69, 9.17) is 9.92 Å². The van der Waals surface area contributed by atoms with E-state index in [1.807, 2.05) is 6.92 Å². The van der Waals surface area contributed by atoms with Gasteiger partial charge in [-0.3, -0.25) is 4.18 Å². The lowest BCUT2D eigenvalue weighted by Gasteiger charge is -2.09. The maximum absolute atomic E-state index is 11.6. The molecule has 6 heteroatoms. The molecule has 0 radical (unpaired) electrons. The van der Waals surface area contributed by atoms with Gasteiger partial charge in [-0.1, -0.05) is 17.7 Å². The third-order valence-corrected chi connectivity index (χ3v) is 3.54. The zero-order valence-electron chi connectivity index (χ0n) is 8.25. The van der Waals surface area contributed by atoms with Crippen LogP contribution in [0.3, 0.4) is 0 Å². The summed E-state index contributed by atoms with van der Waals surface area (Å²) in [4.78, 5) is 0.112. The van der Waals surface area contributed by atoms with Gasteiger partial charge >= 0.3 is 0 Å². The lowest BCUT2D eigenvalue weighted by Crippen LogP contribution is -2.21. The van der Waals surface area contributed by atoms with E-state index in [0.717, 1.165) is 5.56 Å². The van der Waals surface area contributed by atoms with Gasteiger partial charge in [-0.25, -0.2) is 0 Å². The van der Waals surface area contributed by atoms with Crippen molar-refractivity contribution in [1.82, 2.24) is 0 Å². The molecule has 0 saturated heterocycles. The number of hydrogen-bond acceptors (Lipinski definition) is 5. The molecule has 1 aromatic rings. The van der Waals surface area contributed by atoms with Crippen molar-refractivity contribution < 1.29 is 12.6 Å². The Balaban J connectivity index is 2.91. The van der Waals surface area contributed by atoms with Crippen LogP contribution >= 0.6 is 12.6 Å². The largest absolute Gasteiger partial charge is 0.327 e. The van der Waals surface area contributed by atoms with Gasteiger partial charge in [0.15, 0.2) is 0 Å². The second-order valence-corrected chi connectivity index (χ2v) is 5.20. The van der Waals surface area contributed by atoms with E-state index in [9.17, 15) is 8.42 Å². The van der Waals surface area contributed by atoms with Gasteiger partial charge in [0.2, 0.25) is 0 Å². The van der Waals surface area contributed by atoms with Crippen molar-refractivity contribution in [2.45, 2.75) is 17.3 Å². The molecule has 15 heavy (non-hydrogen) atoms. The Morgan fingerprint density at radius 3 is 2.40 bits per heavy atom. The molecule has 1 unspecified atom stereocenters. The molecule has 2 N–H and O–H groups in total. The Kier molecular flexibility index (Phi) is 4.15. The Morgan fingerprint density at radius 2 is 1.93 bits per heavy atom. The number of aryl methyl sites for hydroxylation is 1. The molecule has 1 rings (SSSR count). The van der Waals surface area contributed by atoms with Crippen molar-refractivity contribution in [3.8, 4) is 0 Å². The standard InChI is InChI=1S/C9H13NO3S2/c1-7-2-4-8(5-3-7)15(11,12)13-9(14)6-10/h2-5,9,14H,6,10H2,1H3. The summed E-state index contributed by atoms with van der Waals surface area (Å²) in [5.74, 6) is 0. The smallest absolute Gasteiger partial charge is 0.298 e. The number of rotatable bonds is 4. The highest BCUT2D eigenvalue weighted by Crippen LogP contribution is 2.15. The predicted octanol–water partition coefficient (Wildman–Crippen LogP) is 0.915. The fourth-order valence-corrected chi connectivity index (χ4v) is 2.24. The first-order valence-corrected chi connectivity index (χ1v) is 6.26. The van der Waals surface area contributed by atoms with Gasteiger partial charge in [-0.2, -0.15) is 8.42 Å². The summed E-state index contributed by atoms with van der Waals surface area (Å²) in [7, 11) is -3.74. The van der Waals surface area contributed by atoms with Crippen LogP contribution in [0.15, 0.2) is 29.2 Å². The molecule has 1 atom stereocenters. The van der Waals surface area contributed by atoms with E-state index >= 15 is 0 Å². The lowest BCUT2D eigenvalue weighted by molar-refractivity contribution is 0.300. The summed E-state index contributed by atoms with van der Waals surface area (Å²) in [6.45, 7) is 1.91.